The third-order valence-electron chi connectivity index (χ3n) is 6.73. The van der Waals surface area contributed by atoms with Crippen LogP contribution in [0.4, 0.5) is 14.9 Å². The summed E-state index contributed by atoms with van der Waals surface area (Å²) >= 11 is 0. The molecule has 2 N–H and O–H groups in total. The number of nitrogens with one attached hydrogen (secondary N) is 1. The Kier molecular flexibility index (Phi) is 11.4. The number of benzene rings is 2. The van der Waals surface area contributed by atoms with Crippen molar-refractivity contribution in [2.45, 2.75) is 77.6 Å². The zero-order chi connectivity index (χ0) is 26.6. The number of hydrogen-bond donors (Lipinski definition) is 2. The second kappa shape index (κ2) is 14.7. The van der Waals surface area contributed by atoms with E-state index in [9.17, 15) is 19.1 Å². The van der Waals surface area contributed by atoms with Crippen LogP contribution in [0.1, 0.15) is 73.4 Å². The van der Waals surface area contributed by atoms with Crippen LogP contribution in [0.15, 0.2) is 42.5 Å². The molecule has 202 valence electrons. The predicted octanol–water partition coefficient (Wildman–Crippen LogP) is 6.40. The van der Waals surface area contributed by atoms with E-state index in [1.165, 1.54) is 12.1 Å². The predicted molar refractivity (Wildman–Crippen MR) is 141 cm³/mol. The van der Waals surface area contributed by atoms with Gasteiger partial charge in [-0.3, -0.25) is 0 Å². The maximum Gasteiger partial charge on any atom is 0.336 e. The summed E-state index contributed by atoms with van der Waals surface area (Å²) in [5.74, 6) is -1.33. The minimum Gasteiger partial charge on any atom is -0.478 e. The number of rotatable bonds is 13. The molecule has 0 aliphatic heterocycles. The van der Waals surface area contributed by atoms with Crippen LogP contribution in [0.25, 0.3) is 0 Å². The van der Waals surface area contributed by atoms with Crippen molar-refractivity contribution in [3.63, 3.8) is 0 Å². The quantitative estimate of drug-likeness (QED) is 0.302. The molecule has 2 atom stereocenters. The molecule has 1 fully saturated rings. The van der Waals surface area contributed by atoms with E-state index < -0.39 is 11.8 Å². The Morgan fingerprint density at radius 2 is 1.84 bits per heavy atom. The average Bonchev–Trinajstić information content (AvgIpc) is 2.86. The summed E-state index contributed by atoms with van der Waals surface area (Å²) in [6.07, 6.45) is 6.53. The lowest BCUT2D eigenvalue weighted by Gasteiger charge is -2.30. The fourth-order valence-corrected chi connectivity index (χ4v) is 4.73. The minimum absolute atomic E-state index is 0.00200. The van der Waals surface area contributed by atoms with Crippen LogP contribution in [0.5, 0.6) is 0 Å². The van der Waals surface area contributed by atoms with Crippen molar-refractivity contribution >= 4 is 17.7 Å². The summed E-state index contributed by atoms with van der Waals surface area (Å²) in [6, 6.07) is 11.1. The van der Waals surface area contributed by atoms with Crippen LogP contribution in [0.3, 0.4) is 0 Å². The molecule has 2 unspecified atom stereocenters. The Morgan fingerprint density at radius 1 is 1.08 bits per heavy atom. The number of halogens is 1. The number of carbonyl (C=O) groups is 2. The third-order valence-corrected chi connectivity index (χ3v) is 6.73. The van der Waals surface area contributed by atoms with Crippen molar-refractivity contribution in [2.24, 2.45) is 0 Å². The van der Waals surface area contributed by atoms with Gasteiger partial charge in [-0.2, -0.15) is 0 Å². The van der Waals surface area contributed by atoms with Gasteiger partial charge in [0, 0.05) is 18.8 Å². The van der Waals surface area contributed by atoms with E-state index in [1.807, 2.05) is 6.07 Å². The molecule has 37 heavy (non-hydrogen) atoms. The molecular formula is C29H39FN2O5. The highest BCUT2D eigenvalue weighted by molar-refractivity contribution is 5.91. The van der Waals surface area contributed by atoms with Crippen LogP contribution in [-0.4, -0.2) is 53.9 Å². The zero-order valence-corrected chi connectivity index (χ0v) is 21.9. The van der Waals surface area contributed by atoms with Crippen molar-refractivity contribution in [2.75, 3.05) is 25.0 Å². The standard InChI is InChI=1S/C29H39FN2O5/c1-3-4-5-15-32(29(35)31-24-12-7-11-23(30)18-24)16-17-36-25-13-8-14-26(19-25)37-20-22-10-6-9-21(2)27(22)28(33)34/h6-7,9-12,18,25-26H,3-5,8,13-17,19-20H2,1-2H3,(H,31,35)(H,33,34). The fraction of sp³-hybridized carbons (Fsp3) is 0.517. The topological polar surface area (TPSA) is 88.1 Å². The number of unbranched alkanes of at least 4 members (excludes halogenated alkanes) is 2. The lowest BCUT2D eigenvalue weighted by atomic mass is 9.94. The van der Waals surface area contributed by atoms with E-state index in [-0.39, 0.29) is 24.8 Å². The van der Waals surface area contributed by atoms with Gasteiger partial charge in [0.2, 0.25) is 0 Å². The lowest BCUT2D eigenvalue weighted by Crippen LogP contribution is -2.39. The van der Waals surface area contributed by atoms with Crippen LogP contribution < -0.4 is 5.32 Å². The van der Waals surface area contributed by atoms with Crippen molar-refractivity contribution in [1.29, 1.82) is 0 Å². The van der Waals surface area contributed by atoms with E-state index in [1.54, 1.807) is 36.1 Å². The number of carboxylic acid groups (broad SMARTS) is 1. The van der Waals surface area contributed by atoms with Gasteiger partial charge in [0.1, 0.15) is 5.82 Å². The van der Waals surface area contributed by atoms with Gasteiger partial charge in [-0.25, -0.2) is 14.0 Å². The number of anilines is 1. The van der Waals surface area contributed by atoms with E-state index in [0.29, 0.717) is 36.5 Å². The van der Waals surface area contributed by atoms with Crippen LogP contribution >= 0.6 is 0 Å². The Bertz CT molecular complexity index is 1030. The second-order valence-electron chi connectivity index (χ2n) is 9.64. The normalized spacial score (nSPS) is 17.4. The Labute approximate surface area is 219 Å². The van der Waals surface area contributed by atoms with Crippen LogP contribution in [0.2, 0.25) is 0 Å². The Morgan fingerprint density at radius 3 is 2.57 bits per heavy atom. The first-order valence-corrected chi connectivity index (χ1v) is 13.2. The van der Waals surface area contributed by atoms with Gasteiger partial charge in [0.15, 0.2) is 0 Å². The van der Waals surface area contributed by atoms with Crippen molar-refractivity contribution < 1.29 is 28.6 Å². The summed E-state index contributed by atoms with van der Waals surface area (Å²) in [5, 5.41) is 12.3. The zero-order valence-electron chi connectivity index (χ0n) is 21.9. The number of carboxylic acids is 1. The molecule has 1 saturated carbocycles. The Balaban J connectivity index is 1.49. The molecule has 2 aromatic rings. The number of aromatic carboxylic acids is 1. The van der Waals surface area contributed by atoms with Gasteiger partial charge in [-0.05, 0) is 68.4 Å². The Hall–Kier alpha value is -2.97. The molecule has 8 heteroatoms. The highest BCUT2D eigenvalue weighted by atomic mass is 19.1. The third kappa shape index (κ3) is 9.13. The molecule has 0 aromatic heterocycles. The van der Waals surface area contributed by atoms with Crippen LogP contribution in [0, 0.1) is 12.7 Å². The maximum atomic E-state index is 13.5. The molecule has 2 amide bonds. The molecule has 7 nitrogen and oxygen atoms in total. The summed E-state index contributed by atoms with van der Waals surface area (Å²) < 4.78 is 25.8. The van der Waals surface area contributed by atoms with Gasteiger partial charge >= 0.3 is 12.0 Å². The first-order chi connectivity index (χ1) is 17.9. The smallest absolute Gasteiger partial charge is 0.336 e. The lowest BCUT2D eigenvalue weighted by molar-refractivity contribution is -0.0523. The van der Waals surface area contributed by atoms with Gasteiger partial charge < -0.3 is 24.8 Å². The largest absolute Gasteiger partial charge is 0.478 e. The molecule has 0 spiro atoms. The number of urea groups is 1. The van der Waals surface area contributed by atoms with E-state index in [0.717, 1.165) is 50.5 Å². The average molecular weight is 515 g/mol. The summed E-state index contributed by atoms with van der Waals surface area (Å²) in [4.78, 5) is 26.2. The molecule has 3 rings (SSSR count). The number of nitrogens with zero attached hydrogens (tertiary/aromatic N) is 1. The molecule has 0 heterocycles. The first kappa shape index (κ1) is 28.6. The van der Waals surface area contributed by atoms with Gasteiger partial charge in [-0.1, -0.05) is 44.0 Å². The number of hydrogen-bond acceptors (Lipinski definition) is 4. The summed E-state index contributed by atoms with van der Waals surface area (Å²) in [7, 11) is 0. The number of amides is 2. The second-order valence-corrected chi connectivity index (χ2v) is 9.64. The molecule has 1 aliphatic carbocycles. The monoisotopic (exact) mass is 514 g/mol. The van der Waals surface area contributed by atoms with Gasteiger partial charge in [0.25, 0.3) is 0 Å². The van der Waals surface area contributed by atoms with Gasteiger partial charge in [0.05, 0.1) is 31.0 Å². The van der Waals surface area contributed by atoms with Crippen molar-refractivity contribution in [3.8, 4) is 0 Å². The summed E-state index contributed by atoms with van der Waals surface area (Å²) in [5.41, 5.74) is 2.15. The van der Waals surface area contributed by atoms with E-state index >= 15 is 0 Å². The molecule has 2 aromatic carbocycles. The van der Waals surface area contributed by atoms with E-state index in [2.05, 4.69) is 12.2 Å². The highest BCUT2D eigenvalue weighted by Crippen LogP contribution is 2.25. The summed E-state index contributed by atoms with van der Waals surface area (Å²) in [6.45, 7) is 5.62. The highest BCUT2D eigenvalue weighted by Gasteiger charge is 2.24. The number of aryl methyl sites for hydroxylation is 1. The SMILES string of the molecule is CCCCCN(CCOC1CCCC(OCc2cccc(C)c2C(=O)O)C1)C(=O)Nc1cccc(F)c1. The molecule has 0 saturated heterocycles. The minimum atomic E-state index is -0.938. The molecule has 0 radical (unpaired) electrons. The fourth-order valence-electron chi connectivity index (χ4n) is 4.73. The number of carbonyl (C=O) groups excluding carboxylic acids is 1. The molecule has 0 bridgehead atoms. The number of ether oxygens (including phenoxy) is 2. The first-order valence-electron chi connectivity index (χ1n) is 13.2. The van der Waals surface area contributed by atoms with Crippen molar-refractivity contribution in [3.05, 3.63) is 65.0 Å². The molecular weight excluding hydrogens is 475 g/mol. The molecule has 1 aliphatic rings. The van der Waals surface area contributed by atoms with E-state index in [4.69, 9.17) is 9.47 Å². The van der Waals surface area contributed by atoms with Gasteiger partial charge in [-0.15, -0.1) is 0 Å². The van der Waals surface area contributed by atoms with Crippen molar-refractivity contribution in [1.82, 2.24) is 4.90 Å². The van der Waals surface area contributed by atoms with Crippen LogP contribution in [-0.2, 0) is 16.1 Å². The maximum absolute atomic E-state index is 13.5.